The second-order valence-electron chi connectivity index (χ2n) is 2.35. The van der Waals surface area contributed by atoms with Crippen molar-refractivity contribution < 1.29 is 9.50 Å². The molecule has 1 fully saturated rings. The molecule has 0 radical (unpaired) electrons. The van der Waals surface area contributed by atoms with E-state index in [2.05, 4.69) is 0 Å². The number of thioether (sulfide) groups is 1. The molecule has 1 saturated heterocycles. The van der Waals surface area contributed by atoms with Gasteiger partial charge in [-0.3, -0.25) is 0 Å². The molecule has 2 unspecified atom stereocenters. The first-order valence-electron chi connectivity index (χ1n) is 3.16. The summed E-state index contributed by atoms with van der Waals surface area (Å²) in [6.45, 7) is -0.578. The van der Waals surface area contributed by atoms with Gasteiger partial charge in [0.1, 0.15) is 6.67 Å². The third kappa shape index (κ3) is 1.83. The highest BCUT2D eigenvalue weighted by Gasteiger charge is 2.22. The molecule has 0 bridgehead atoms. The molecular formula is C6H11FOS. The smallest absolute Gasteiger partial charge is 0.116 e. The van der Waals surface area contributed by atoms with Crippen LogP contribution >= 0.6 is 11.8 Å². The lowest BCUT2D eigenvalue weighted by molar-refractivity contribution is 0.0916. The van der Waals surface area contributed by atoms with Gasteiger partial charge in [0.25, 0.3) is 0 Å². The highest BCUT2D eigenvalue weighted by atomic mass is 32.2. The van der Waals surface area contributed by atoms with Crippen molar-refractivity contribution in [2.24, 2.45) is 5.92 Å². The summed E-state index contributed by atoms with van der Waals surface area (Å²) in [5.41, 5.74) is 0. The first-order valence-corrected chi connectivity index (χ1v) is 4.32. The first-order chi connectivity index (χ1) is 4.34. The topological polar surface area (TPSA) is 20.2 Å². The van der Waals surface area contributed by atoms with Gasteiger partial charge in [0.05, 0.1) is 6.10 Å². The van der Waals surface area contributed by atoms with Gasteiger partial charge in [-0.2, -0.15) is 11.8 Å². The lowest BCUT2D eigenvalue weighted by Crippen LogP contribution is -2.21. The van der Waals surface area contributed by atoms with Crippen molar-refractivity contribution in [1.29, 1.82) is 0 Å². The molecule has 1 nitrogen and oxygen atoms in total. The maximum absolute atomic E-state index is 11.8. The van der Waals surface area contributed by atoms with Crippen LogP contribution in [0.1, 0.15) is 6.42 Å². The maximum atomic E-state index is 11.8. The van der Waals surface area contributed by atoms with Gasteiger partial charge >= 0.3 is 0 Å². The second-order valence-corrected chi connectivity index (χ2v) is 3.50. The highest BCUT2D eigenvalue weighted by molar-refractivity contribution is 7.99. The Morgan fingerprint density at radius 1 is 1.78 bits per heavy atom. The van der Waals surface area contributed by atoms with Crippen molar-refractivity contribution in [2.75, 3.05) is 18.2 Å². The number of aliphatic hydroxyl groups excluding tert-OH is 1. The van der Waals surface area contributed by atoms with Gasteiger partial charge in [-0.1, -0.05) is 0 Å². The number of hydrogen-bond donors (Lipinski definition) is 1. The number of rotatable bonds is 2. The van der Waals surface area contributed by atoms with Crippen molar-refractivity contribution >= 4 is 11.8 Å². The Kier molecular flexibility index (Phi) is 2.79. The minimum Gasteiger partial charge on any atom is -0.390 e. The van der Waals surface area contributed by atoms with E-state index >= 15 is 0 Å². The Morgan fingerprint density at radius 2 is 2.56 bits per heavy atom. The molecule has 0 aliphatic carbocycles. The first kappa shape index (κ1) is 7.35. The number of hydrogen-bond acceptors (Lipinski definition) is 2. The molecule has 0 saturated carbocycles. The van der Waals surface area contributed by atoms with Gasteiger partial charge in [-0.05, 0) is 23.8 Å². The molecule has 0 aromatic heterocycles. The quantitative estimate of drug-likeness (QED) is 0.635. The molecule has 0 amide bonds. The van der Waals surface area contributed by atoms with Gasteiger partial charge in [0.2, 0.25) is 0 Å². The summed E-state index contributed by atoms with van der Waals surface area (Å²) in [6, 6.07) is 0. The Balaban J connectivity index is 2.24. The molecule has 1 aliphatic heterocycles. The molecular weight excluding hydrogens is 139 g/mol. The number of halogens is 1. The van der Waals surface area contributed by atoms with Crippen molar-refractivity contribution in [1.82, 2.24) is 0 Å². The molecule has 0 aromatic rings. The fourth-order valence-corrected chi connectivity index (χ4v) is 2.31. The summed E-state index contributed by atoms with van der Waals surface area (Å²) in [5.74, 6) is 2.24. The largest absolute Gasteiger partial charge is 0.390 e. The van der Waals surface area contributed by atoms with E-state index in [4.69, 9.17) is 5.11 Å². The van der Waals surface area contributed by atoms with E-state index in [1.807, 2.05) is 0 Å². The second kappa shape index (κ2) is 3.42. The van der Waals surface area contributed by atoms with Gasteiger partial charge < -0.3 is 5.11 Å². The van der Waals surface area contributed by atoms with E-state index in [1.54, 1.807) is 11.8 Å². The van der Waals surface area contributed by atoms with E-state index in [0.29, 0.717) is 0 Å². The average molecular weight is 150 g/mol. The molecule has 9 heavy (non-hydrogen) atoms. The number of alkyl halides is 1. The number of aliphatic hydroxyl groups is 1. The highest BCUT2D eigenvalue weighted by Crippen LogP contribution is 2.26. The van der Waals surface area contributed by atoms with Crippen LogP contribution in [0.2, 0.25) is 0 Å². The summed E-state index contributed by atoms with van der Waals surface area (Å²) < 4.78 is 11.8. The van der Waals surface area contributed by atoms with Gasteiger partial charge in [0, 0.05) is 0 Å². The van der Waals surface area contributed by atoms with Crippen LogP contribution in [0.4, 0.5) is 4.39 Å². The van der Waals surface area contributed by atoms with E-state index in [1.165, 1.54) is 0 Å². The van der Waals surface area contributed by atoms with E-state index in [9.17, 15) is 4.39 Å². The van der Waals surface area contributed by atoms with Crippen LogP contribution in [0.25, 0.3) is 0 Å². The predicted octanol–water partition coefficient (Wildman–Crippen LogP) is 1.07. The van der Waals surface area contributed by atoms with E-state index in [0.717, 1.165) is 17.9 Å². The van der Waals surface area contributed by atoms with Crippen LogP contribution < -0.4 is 0 Å². The minimum atomic E-state index is -0.694. The molecule has 2 atom stereocenters. The van der Waals surface area contributed by atoms with Crippen LogP contribution in [0.5, 0.6) is 0 Å². The zero-order chi connectivity index (χ0) is 6.69. The van der Waals surface area contributed by atoms with E-state index < -0.39 is 12.8 Å². The van der Waals surface area contributed by atoms with Crippen molar-refractivity contribution in [2.45, 2.75) is 12.5 Å². The molecule has 3 heteroatoms. The molecule has 54 valence electrons. The summed E-state index contributed by atoms with van der Waals surface area (Å²) in [4.78, 5) is 0. The predicted molar refractivity (Wildman–Crippen MR) is 37.4 cm³/mol. The van der Waals surface area contributed by atoms with Crippen molar-refractivity contribution in [3.8, 4) is 0 Å². The fourth-order valence-electron chi connectivity index (χ4n) is 0.982. The lowest BCUT2D eigenvalue weighted by Gasteiger charge is -2.11. The van der Waals surface area contributed by atoms with Crippen LogP contribution in [0.3, 0.4) is 0 Å². The van der Waals surface area contributed by atoms with Crippen LogP contribution in [0, 0.1) is 5.92 Å². The van der Waals surface area contributed by atoms with Crippen molar-refractivity contribution in [3.63, 3.8) is 0 Å². The SMILES string of the molecule is OC(CF)C1CCSC1. The third-order valence-corrected chi connectivity index (χ3v) is 2.86. The Morgan fingerprint density at radius 3 is 3.00 bits per heavy atom. The van der Waals surface area contributed by atoms with Crippen molar-refractivity contribution in [3.05, 3.63) is 0 Å². The van der Waals surface area contributed by atoms with Gasteiger partial charge in [-0.15, -0.1) is 0 Å². The zero-order valence-corrected chi connectivity index (χ0v) is 6.03. The van der Waals surface area contributed by atoms with Gasteiger partial charge in [0.15, 0.2) is 0 Å². The average Bonchev–Trinajstić information content (AvgIpc) is 2.37. The molecule has 0 spiro atoms. The monoisotopic (exact) mass is 150 g/mol. The molecule has 1 N–H and O–H groups in total. The summed E-state index contributed by atoms with van der Waals surface area (Å²) in [7, 11) is 0. The Labute approximate surface area is 58.6 Å². The molecule has 1 heterocycles. The summed E-state index contributed by atoms with van der Waals surface area (Å²) >= 11 is 1.80. The van der Waals surface area contributed by atoms with Crippen LogP contribution in [-0.4, -0.2) is 29.4 Å². The third-order valence-electron chi connectivity index (χ3n) is 1.67. The normalized spacial score (nSPS) is 30.7. The standard InChI is InChI=1S/C6H11FOS/c7-3-6(8)5-1-2-9-4-5/h5-6,8H,1-4H2. The summed E-state index contributed by atoms with van der Waals surface area (Å²) in [6.07, 6.45) is 0.287. The fraction of sp³-hybridized carbons (Fsp3) is 1.00. The molecule has 1 rings (SSSR count). The minimum absolute atomic E-state index is 0.222. The lowest BCUT2D eigenvalue weighted by atomic mass is 10.0. The van der Waals surface area contributed by atoms with Crippen LogP contribution in [-0.2, 0) is 0 Å². The van der Waals surface area contributed by atoms with Crippen LogP contribution in [0.15, 0.2) is 0 Å². The summed E-state index contributed by atoms with van der Waals surface area (Å²) in [5, 5.41) is 8.97. The molecule has 1 aliphatic rings. The Hall–Kier alpha value is 0.240. The maximum Gasteiger partial charge on any atom is 0.116 e. The van der Waals surface area contributed by atoms with E-state index in [-0.39, 0.29) is 5.92 Å². The molecule has 0 aromatic carbocycles. The zero-order valence-electron chi connectivity index (χ0n) is 5.22. The Bertz CT molecular complexity index is 83.1. The van der Waals surface area contributed by atoms with Gasteiger partial charge in [-0.25, -0.2) is 4.39 Å².